The van der Waals surface area contributed by atoms with Gasteiger partial charge in [0.1, 0.15) is 10.3 Å². The molecular formula is C8H6Cl2N4. The van der Waals surface area contributed by atoms with E-state index in [4.69, 9.17) is 28.9 Å². The highest BCUT2D eigenvalue weighted by molar-refractivity contribution is 6.32. The molecule has 6 heteroatoms. The Bertz CT molecular complexity index is 446. The summed E-state index contributed by atoms with van der Waals surface area (Å²) in [5.74, 6) is 0. The van der Waals surface area contributed by atoms with Crippen molar-refractivity contribution in [1.82, 2.24) is 15.2 Å². The van der Waals surface area contributed by atoms with Crippen LogP contribution in [0.2, 0.25) is 10.3 Å². The summed E-state index contributed by atoms with van der Waals surface area (Å²) in [5, 5.41) is 7.20. The first-order valence-electron chi connectivity index (χ1n) is 3.79. The van der Waals surface area contributed by atoms with Gasteiger partial charge >= 0.3 is 0 Å². The molecule has 0 aliphatic heterocycles. The van der Waals surface area contributed by atoms with Crippen LogP contribution in [0.15, 0.2) is 18.3 Å². The highest BCUT2D eigenvalue weighted by atomic mass is 35.5. The molecule has 0 aliphatic carbocycles. The second kappa shape index (κ2) is 3.48. The predicted octanol–water partition coefficient (Wildman–Crippen LogP) is 2.36. The highest BCUT2D eigenvalue weighted by Crippen LogP contribution is 2.26. The lowest BCUT2D eigenvalue weighted by molar-refractivity contribution is 1.09. The van der Waals surface area contributed by atoms with Crippen molar-refractivity contribution in [3.63, 3.8) is 0 Å². The summed E-state index contributed by atoms with van der Waals surface area (Å²) in [6.45, 7) is 0. The molecule has 3 N–H and O–H groups in total. The molecule has 0 saturated carbocycles. The maximum Gasteiger partial charge on any atom is 0.131 e. The summed E-state index contributed by atoms with van der Waals surface area (Å²) in [7, 11) is 0. The van der Waals surface area contributed by atoms with E-state index < -0.39 is 0 Å². The molecule has 0 aromatic carbocycles. The molecule has 0 atom stereocenters. The van der Waals surface area contributed by atoms with Crippen LogP contribution in [0.5, 0.6) is 0 Å². The number of rotatable bonds is 1. The summed E-state index contributed by atoms with van der Waals surface area (Å²) in [4.78, 5) is 3.83. The maximum absolute atomic E-state index is 5.75. The Morgan fingerprint density at radius 1 is 1.21 bits per heavy atom. The van der Waals surface area contributed by atoms with Crippen molar-refractivity contribution in [2.24, 2.45) is 0 Å². The summed E-state index contributed by atoms with van der Waals surface area (Å²) in [6.07, 6.45) is 1.53. The minimum Gasteiger partial charge on any atom is -0.396 e. The van der Waals surface area contributed by atoms with Crippen LogP contribution in [0, 0.1) is 0 Å². The van der Waals surface area contributed by atoms with Gasteiger partial charge in [-0.3, -0.25) is 5.10 Å². The molecule has 2 aromatic heterocycles. The van der Waals surface area contributed by atoms with Gasteiger partial charge in [-0.1, -0.05) is 23.2 Å². The number of nitrogen functional groups attached to an aromatic ring is 1. The monoisotopic (exact) mass is 228 g/mol. The van der Waals surface area contributed by atoms with Gasteiger partial charge in [0, 0.05) is 5.56 Å². The Hall–Kier alpha value is -1.26. The molecule has 0 saturated heterocycles. The minimum atomic E-state index is 0.321. The van der Waals surface area contributed by atoms with E-state index in [1.54, 1.807) is 12.1 Å². The van der Waals surface area contributed by atoms with Gasteiger partial charge in [-0.15, -0.1) is 0 Å². The first-order chi connectivity index (χ1) is 6.66. The molecule has 4 nitrogen and oxygen atoms in total. The van der Waals surface area contributed by atoms with Gasteiger partial charge in [-0.2, -0.15) is 5.10 Å². The Morgan fingerprint density at radius 2 is 1.86 bits per heavy atom. The lowest BCUT2D eigenvalue weighted by Gasteiger charge is -2.00. The van der Waals surface area contributed by atoms with Crippen LogP contribution in [0.4, 0.5) is 5.69 Å². The number of anilines is 1. The molecule has 0 radical (unpaired) electrons. The zero-order valence-electron chi connectivity index (χ0n) is 6.96. The standard InChI is InChI=1S/C8H6Cl2N4/c9-6-1-4(2-7(10)13-6)8-5(11)3-12-14-8/h1-3H,11H2,(H,12,14). The van der Waals surface area contributed by atoms with Crippen molar-refractivity contribution < 1.29 is 0 Å². The molecule has 0 amide bonds. The number of pyridine rings is 1. The summed E-state index contributed by atoms with van der Waals surface area (Å²) < 4.78 is 0. The minimum absolute atomic E-state index is 0.321. The van der Waals surface area contributed by atoms with Gasteiger partial charge in [0.2, 0.25) is 0 Å². The molecule has 0 unspecified atom stereocenters. The van der Waals surface area contributed by atoms with E-state index in [9.17, 15) is 0 Å². The molecule has 14 heavy (non-hydrogen) atoms. The van der Waals surface area contributed by atoms with Crippen LogP contribution in [0.25, 0.3) is 11.3 Å². The zero-order chi connectivity index (χ0) is 10.1. The van der Waals surface area contributed by atoms with Gasteiger partial charge < -0.3 is 5.73 Å². The van der Waals surface area contributed by atoms with E-state index >= 15 is 0 Å². The number of aromatic nitrogens is 3. The second-order valence-corrected chi connectivity index (χ2v) is 3.48. The third-order valence-electron chi connectivity index (χ3n) is 1.72. The number of hydrogen-bond donors (Lipinski definition) is 2. The molecule has 72 valence electrons. The molecular weight excluding hydrogens is 223 g/mol. The number of aromatic amines is 1. The van der Waals surface area contributed by atoms with Gasteiger partial charge in [0.05, 0.1) is 17.6 Å². The number of nitrogens with zero attached hydrogens (tertiary/aromatic N) is 2. The molecule has 2 aromatic rings. The number of H-pyrrole nitrogens is 1. The Morgan fingerprint density at radius 3 is 2.36 bits per heavy atom. The van der Waals surface area contributed by atoms with E-state index in [1.165, 1.54) is 6.20 Å². The number of hydrogen-bond acceptors (Lipinski definition) is 3. The Kier molecular flexibility index (Phi) is 2.31. The van der Waals surface area contributed by atoms with Crippen LogP contribution < -0.4 is 5.73 Å². The predicted molar refractivity (Wildman–Crippen MR) is 56.3 cm³/mol. The van der Waals surface area contributed by atoms with Crippen LogP contribution in [0.1, 0.15) is 0 Å². The highest BCUT2D eigenvalue weighted by Gasteiger charge is 2.07. The van der Waals surface area contributed by atoms with E-state index in [0.29, 0.717) is 21.7 Å². The number of halogens is 2. The first-order valence-corrected chi connectivity index (χ1v) is 4.54. The van der Waals surface area contributed by atoms with E-state index in [2.05, 4.69) is 15.2 Å². The fourth-order valence-corrected chi connectivity index (χ4v) is 1.60. The topological polar surface area (TPSA) is 67.6 Å². The van der Waals surface area contributed by atoms with Crippen LogP contribution >= 0.6 is 23.2 Å². The van der Waals surface area contributed by atoms with Gasteiger partial charge in [0.15, 0.2) is 0 Å². The van der Waals surface area contributed by atoms with Crippen molar-refractivity contribution in [3.05, 3.63) is 28.6 Å². The van der Waals surface area contributed by atoms with Crippen LogP contribution in [-0.4, -0.2) is 15.2 Å². The molecule has 0 fully saturated rings. The molecule has 2 heterocycles. The molecule has 0 spiro atoms. The summed E-state index contributed by atoms with van der Waals surface area (Å²) in [5.41, 5.74) is 7.68. The molecule has 0 bridgehead atoms. The molecule has 2 rings (SSSR count). The van der Waals surface area contributed by atoms with Crippen molar-refractivity contribution in [2.75, 3.05) is 5.73 Å². The average molecular weight is 229 g/mol. The quantitative estimate of drug-likeness (QED) is 0.737. The fourth-order valence-electron chi connectivity index (χ4n) is 1.14. The van der Waals surface area contributed by atoms with E-state index in [-0.39, 0.29) is 0 Å². The molecule has 0 aliphatic rings. The average Bonchev–Trinajstić information content (AvgIpc) is 2.49. The van der Waals surface area contributed by atoms with Gasteiger partial charge in [-0.25, -0.2) is 4.98 Å². The Labute approximate surface area is 90.1 Å². The first kappa shape index (κ1) is 9.30. The zero-order valence-corrected chi connectivity index (χ0v) is 8.47. The smallest absolute Gasteiger partial charge is 0.131 e. The van der Waals surface area contributed by atoms with E-state index in [1.807, 2.05) is 0 Å². The van der Waals surface area contributed by atoms with Gasteiger partial charge in [0.25, 0.3) is 0 Å². The third kappa shape index (κ3) is 1.66. The van der Waals surface area contributed by atoms with Crippen LogP contribution in [-0.2, 0) is 0 Å². The maximum atomic E-state index is 5.75. The van der Waals surface area contributed by atoms with Crippen molar-refractivity contribution in [2.45, 2.75) is 0 Å². The normalized spacial score (nSPS) is 10.4. The lowest BCUT2D eigenvalue weighted by atomic mass is 10.2. The number of nitrogens with two attached hydrogens (primary N) is 1. The van der Waals surface area contributed by atoms with Crippen molar-refractivity contribution in [3.8, 4) is 11.3 Å². The SMILES string of the molecule is Nc1cn[nH]c1-c1cc(Cl)nc(Cl)c1. The summed E-state index contributed by atoms with van der Waals surface area (Å²) >= 11 is 11.5. The second-order valence-electron chi connectivity index (χ2n) is 2.70. The third-order valence-corrected chi connectivity index (χ3v) is 2.11. The van der Waals surface area contributed by atoms with E-state index in [0.717, 1.165) is 5.56 Å². The van der Waals surface area contributed by atoms with Gasteiger partial charge in [-0.05, 0) is 12.1 Å². The lowest BCUT2D eigenvalue weighted by Crippen LogP contribution is -1.88. The van der Waals surface area contributed by atoms with Crippen molar-refractivity contribution >= 4 is 28.9 Å². The fraction of sp³-hybridized carbons (Fsp3) is 0. The summed E-state index contributed by atoms with van der Waals surface area (Å²) in [6, 6.07) is 3.33. The largest absolute Gasteiger partial charge is 0.396 e. The number of nitrogens with one attached hydrogen (secondary N) is 1. The van der Waals surface area contributed by atoms with Crippen molar-refractivity contribution in [1.29, 1.82) is 0 Å². The van der Waals surface area contributed by atoms with Crippen LogP contribution in [0.3, 0.4) is 0 Å². The Balaban J connectivity index is 2.57.